The fourth-order valence-electron chi connectivity index (χ4n) is 2.72. The van der Waals surface area contributed by atoms with Crippen LogP contribution in [0.2, 0.25) is 0 Å². The quantitative estimate of drug-likeness (QED) is 0.851. The lowest BCUT2D eigenvalue weighted by atomic mass is 9.93. The molecule has 1 aliphatic rings. The van der Waals surface area contributed by atoms with Crippen LogP contribution in [0, 0.1) is 17.1 Å². The molecule has 1 aromatic heterocycles. The zero-order valence-electron chi connectivity index (χ0n) is 10.4. The number of benzene rings is 1. The molecule has 0 bridgehead atoms. The molecule has 3 nitrogen and oxygen atoms in total. The Morgan fingerprint density at radius 2 is 2.21 bits per heavy atom. The summed E-state index contributed by atoms with van der Waals surface area (Å²) in [5.41, 5.74) is 9.08. The van der Waals surface area contributed by atoms with Crippen molar-refractivity contribution in [3.05, 3.63) is 53.1 Å². The maximum absolute atomic E-state index is 14.1. The first-order chi connectivity index (χ1) is 9.20. The van der Waals surface area contributed by atoms with Gasteiger partial charge in [-0.15, -0.1) is 0 Å². The molecule has 2 N–H and O–H groups in total. The molecule has 1 aromatic carbocycles. The largest absolute Gasteiger partial charge is 0.324 e. The molecular weight excluding hydrogens is 241 g/mol. The summed E-state index contributed by atoms with van der Waals surface area (Å²) in [6.45, 7) is 0. The van der Waals surface area contributed by atoms with E-state index in [1.54, 1.807) is 12.1 Å². The molecule has 96 valence electrons. The fraction of sp³-hybridized carbons (Fsp3) is 0.267. The number of nitrogens with zero attached hydrogens (tertiary/aromatic N) is 2. The van der Waals surface area contributed by atoms with E-state index in [4.69, 9.17) is 11.0 Å². The second-order valence-corrected chi connectivity index (χ2v) is 4.86. The molecule has 0 radical (unpaired) electrons. The molecule has 3 rings (SSSR count). The number of nitriles is 1. The van der Waals surface area contributed by atoms with E-state index >= 15 is 0 Å². The number of fused-ring (bicyclic) bond motifs is 1. The van der Waals surface area contributed by atoms with Gasteiger partial charge in [-0.1, -0.05) is 0 Å². The molecular formula is C15H14FN3. The summed E-state index contributed by atoms with van der Waals surface area (Å²) < 4.78 is 15.9. The van der Waals surface area contributed by atoms with Crippen molar-refractivity contribution in [3.63, 3.8) is 0 Å². The fourth-order valence-corrected chi connectivity index (χ4v) is 2.72. The van der Waals surface area contributed by atoms with Gasteiger partial charge in [0.1, 0.15) is 5.82 Å². The van der Waals surface area contributed by atoms with Crippen LogP contribution >= 0.6 is 0 Å². The summed E-state index contributed by atoms with van der Waals surface area (Å²) in [5, 5.41) is 8.77. The molecule has 0 saturated carbocycles. The van der Waals surface area contributed by atoms with Gasteiger partial charge in [0.05, 0.1) is 17.3 Å². The van der Waals surface area contributed by atoms with Crippen LogP contribution in [0.15, 0.2) is 30.5 Å². The molecule has 0 spiro atoms. The Hall–Kier alpha value is -2.12. The summed E-state index contributed by atoms with van der Waals surface area (Å²) in [6.07, 6.45) is 4.78. The Morgan fingerprint density at radius 1 is 1.37 bits per heavy atom. The topological polar surface area (TPSA) is 54.7 Å². The van der Waals surface area contributed by atoms with Gasteiger partial charge in [0.15, 0.2) is 0 Å². The second-order valence-electron chi connectivity index (χ2n) is 4.86. The number of halogens is 1. The van der Waals surface area contributed by atoms with Crippen molar-refractivity contribution < 1.29 is 4.39 Å². The average molecular weight is 255 g/mol. The molecule has 4 heteroatoms. The van der Waals surface area contributed by atoms with E-state index in [1.807, 2.05) is 22.9 Å². The summed E-state index contributed by atoms with van der Waals surface area (Å²) in [4.78, 5) is 0. The van der Waals surface area contributed by atoms with E-state index < -0.39 is 0 Å². The van der Waals surface area contributed by atoms with E-state index in [9.17, 15) is 4.39 Å². The maximum Gasteiger partial charge on any atom is 0.148 e. The minimum atomic E-state index is -0.378. The van der Waals surface area contributed by atoms with Crippen LogP contribution in [0.1, 0.15) is 35.7 Å². The lowest BCUT2D eigenvalue weighted by Crippen LogP contribution is -2.18. The van der Waals surface area contributed by atoms with E-state index in [2.05, 4.69) is 0 Å². The minimum absolute atomic E-state index is 0.0476. The highest BCUT2D eigenvalue weighted by molar-refractivity contribution is 5.44. The SMILES string of the molecule is N#Cc1ccc(-n2ccc3c2CCCC3N)c(F)c1. The highest BCUT2D eigenvalue weighted by Crippen LogP contribution is 2.31. The third kappa shape index (κ3) is 1.92. The third-order valence-corrected chi connectivity index (χ3v) is 3.69. The molecule has 19 heavy (non-hydrogen) atoms. The van der Waals surface area contributed by atoms with Gasteiger partial charge < -0.3 is 10.3 Å². The Morgan fingerprint density at radius 3 is 2.95 bits per heavy atom. The highest BCUT2D eigenvalue weighted by Gasteiger charge is 2.21. The Balaban J connectivity index is 2.11. The van der Waals surface area contributed by atoms with E-state index in [-0.39, 0.29) is 11.9 Å². The number of aromatic nitrogens is 1. The van der Waals surface area contributed by atoms with Crippen molar-refractivity contribution in [2.75, 3.05) is 0 Å². The van der Waals surface area contributed by atoms with Gasteiger partial charge in [-0.05, 0) is 49.1 Å². The zero-order chi connectivity index (χ0) is 13.4. The van der Waals surface area contributed by atoms with E-state index in [1.165, 1.54) is 6.07 Å². The molecule has 0 fully saturated rings. The van der Waals surface area contributed by atoms with Crippen molar-refractivity contribution in [1.82, 2.24) is 4.57 Å². The van der Waals surface area contributed by atoms with Gasteiger partial charge in [-0.25, -0.2) is 4.39 Å². The van der Waals surface area contributed by atoms with Gasteiger partial charge in [0, 0.05) is 17.9 Å². The van der Waals surface area contributed by atoms with Gasteiger partial charge >= 0.3 is 0 Å². The first-order valence-corrected chi connectivity index (χ1v) is 6.36. The van der Waals surface area contributed by atoms with Crippen molar-refractivity contribution in [3.8, 4) is 11.8 Å². The van der Waals surface area contributed by atoms with Crippen LogP contribution in [0.4, 0.5) is 4.39 Å². The number of hydrogen-bond donors (Lipinski definition) is 1. The predicted molar refractivity (Wildman–Crippen MR) is 70.3 cm³/mol. The average Bonchev–Trinajstić information content (AvgIpc) is 2.84. The lowest BCUT2D eigenvalue weighted by molar-refractivity contribution is 0.555. The van der Waals surface area contributed by atoms with Gasteiger partial charge in [0.25, 0.3) is 0 Å². The molecule has 2 aromatic rings. The molecule has 1 atom stereocenters. The van der Waals surface area contributed by atoms with Crippen molar-refractivity contribution in [1.29, 1.82) is 5.26 Å². The van der Waals surface area contributed by atoms with Gasteiger partial charge in [-0.3, -0.25) is 0 Å². The van der Waals surface area contributed by atoms with Crippen LogP contribution in [-0.4, -0.2) is 4.57 Å². The van der Waals surface area contributed by atoms with Gasteiger partial charge in [-0.2, -0.15) is 5.26 Å². The van der Waals surface area contributed by atoms with Crippen molar-refractivity contribution in [2.24, 2.45) is 5.73 Å². The molecule has 1 unspecified atom stereocenters. The van der Waals surface area contributed by atoms with Gasteiger partial charge in [0.2, 0.25) is 0 Å². The summed E-state index contributed by atoms with van der Waals surface area (Å²) in [5.74, 6) is -0.378. The van der Waals surface area contributed by atoms with Crippen molar-refractivity contribution in [2.45, 2.75) is 25.3 Å². The van der Waals surface area contributed by atoms with Crippen LogP contribution in [0.3, 0.4) is 0 Å². The van der Waals surface area contributed by atoms with Crippen LogP contribution in [0.25, 0.3) is 5.69 Å². The van der Waals surface area contributed by atoms with E-state index in [0.717, 1.165) is 30.5 Å². The molecule has 1 heterocycles. The minimum Gasteiger partial charge on any atom is -0.324 e. The molecule has 0 aliphatic heterocycles. The van der Waals surface area contributed by atoms with Crippen LogP contribution in [-0.2, 0) is 6.42 Å². The number of rotatable bonds is 1. The Labute approximate surface area is 111 Å². The van der Waals surface area contributed by atoms with Crippen LogP contribution < -0.4 is 5.73 Å². The number of hydrogen-bond acceptors (Lipinski definition) is 2. The molecule has 1 aliphatic carbocycles. The van der Waals surface area contributed by atoms with Crippen molar-refractivity contribution >= 4 is 0 Å². The third-order valence-electron chi connectivity index (χ3n) is 3.69. The Bertz CT molecular complexity index is 667. The normalized spacial score (nSPS) is 17.8. The lowest BCUT2D eigenvalue weighted by Gasteiger charge is -2.21. The standard InChI is InChI=1S/C15H14FN3/c16-12-8-10(9-17)4-5-15(12)19-7-6-11-13(18)2-1-3-14(11)19/h4-8,13H,1-3,18H2. The second kappa shape index (κ2) is 4.52. The summed E-state index contributed by atoms with van der Waals surface area (Å²) in [6, 6.07) is 8.51. The monoisotopic (exact) mass is 255 g/mol. The first kappa shape index (κ1) is 11.9. The van der Waals surface area contributed by atoms with Crippen LogP contribution in [0.5, 0.6) is 0 Å². The predicted octanol–water partition coefficient (Wildman–Crippen LogP) is 2.82. The first-order valence-electron chi connectivity index (χ1n) is 6.36. The Kier molecular flexibility index (Phi) is 2.84. The highest BCUT2D eigenvalue weighted by atomic mass is 19.1. The molecule has 0 saturated heterocycles. The van der Waals surface area contributed by atoms with E-state index in [0.29, 0.717) is 11.3 Å². The zero-order valence-corrected chi connectivity index (χ0v) is 10.4. The summed E-state index contributed by atoms with van der Waals surface area (Å²) >= 11 is 0. The number of nitrogens with two attached hydrogens (primary N) is 1. The summed E-state index contributed by atoms with van der Waals surface area (Å²) in [7, 11) is 0. The maximum atomic E-state index is 14.1. The smallest absolute Gasteiger partial charge is 0.148 e. The molecule has 0 amide bonds.